The van der Waals surface area contributed by atoms with Crippen molar-refractivity contribution in [1.29, 1.82) is 0 Å². The summed E-state index contributed by atoms with van der Waals surface area (Å²) in [6, 6.07) is 7.49. The molecule has 1 aromatic carbocycles. The molecule has 0 saturated carbocycles. The van der Waals surface area contributed by atoms with Gasteiger partial charge < -0.3 is 9.47 Å². The highest BCUT2D eigenvalue weighted by Crippen LogP contribution is 2.32. The summed E-state index contributed by atoms with van der Waals surface area (Å²) in [6.07, 6.45) is 5.54. The second-order valence-electron chi connectivity index (χ2n) is 4.02. The largest absolute Gasteiger partial charge is 0.497 e. The highest BCUT2D eigenvalue weighted by atomic mass is 16.5. The normalized spacial score (nSPS) is 10.6. The van der Waals surface area contributed by atoms with Crippen molar-refractivity contribution in [2.75, 3.05) is 14.2 Å². The molecule has 96 valence electrons. The van der Waals surface area contributed by atoms with E-state index in [1.807, 2.05) is 41.1 Å². The molecule has 0 aliphatic rings. The SMILES string of the molecule is COc1ccc(OC)c(-c2cn3cccnc3n2)c1. The summed E-state index contributed by atoms with van der Waals surface area (Å²) in [6.45, 7) is 0. The van der Waals surface area contributed by atoms with Gasteiger partial charge in [0.25, 0.3) is 0 Å². The Morgan fingerprint density at radius 2 is 2.05 bits per heavy atom. The molecule has 5 nitrogen and oxygen atoms in total. The molecule has 5 heteroatoms. The van der Waals surface area contributed by atoms with E-state index < -0.39 is 0 Å². The molecule has 0 unspecified atom stereocenters. The molecule has 2 aromatic heterocycles. The van der Waals surface area contributed by atoms with E-state index in [4.69, 9.17) is 9.47 Å². The Bertz CT molecular complexity index is 689. The fraction of sp³-hybridized carbons (Fsp3) is 0.143. The Kier molecular flexibility index (Phi) is 2.79. The Morgan fingerprint density at radius 3 is 2.79 bits per heavy atom. The minimum absolute atomic E-state index is 0.655. The number of aromatic nitrogens is 3. The maximum atomic E-state index is 5.37. The molecule has 0 radical (unpaired) electrons. The van der Waals surface area contributed by atoms with Crippen LogP contribution >= 0.6 is 0 Å². The fourth-order valence-electron chi connectivity index (χ4n) is 1.97. The van der Waals surface area contributed by atoms with Crippen molar-refractivity contribution in [3.05, 3.63) is 42.9 Å². The van der Waals surface area contributed by atoms with Crippen LogP contribution in [0.2, 0.25) is 0 Å². The first kappa shape index (κ1) is 11.5. The van der Waals surface area contributed by atoms with Gasteiger partial charge in [0.1, 0.15) is 11.5 Å². The number of rotatable bonds is 3. The van der Waals surface area contributed by atoms with Crippen molar-refractivity contribution < 1.29 is 9.47 Å². The predicted octanol–water partition coefficient (Wildman–Crippen LogP) is 2.41. The number of hydrogen-bond acceptors (Lipinski definition) is 4. The third-order valence-electron chi connectivity index (χ3n) is 2.92. The summed E-state index contributed by atoms with van der Waals surface area (Å²) < 4.78 is 12.5. The molecule has 0 aliphatic heterocycles. The van der Waals surface area contributed by atoms with Gasteiger partial charge >= 0.3 is 0 Å². The van der Waals surface area contributed by atoms with Crippen LogP contribution in [0.5, 0.6) is 11.5 Å². The van der Waals surface area contributed by atoms with Crippen molar-refractivity contribution in [1.82, 2.24) is 14.4 Å². The molecule has 3 rings (SSSR count). The van der Waals surface area contributed by atoms with Crippen LogP contribution in [0, 0.1) is 0 Å². The molecule has 0 fully saturated rings. The van der Waals surface area contributed by atoms with Crippen LogP contribution in [0.4, 0.5) is 0 Å². The summed E-state index contributed by atoms with van der Waals surface area (Å²) in [4.78, 5) is 8.69. The lowest BCUT2D eigenvalue weighted by Crippen LogP contribution is -1.90. The molecule has 0 amide bonds. The zero-order chi connectivity index (χ0) is 13.2. The fourth-order valence-corrected chi connectivity index (χ4v) is 1.97. The number of hydrogen-bond donors (Lipinski definition) is 0. The average Bonchev–Trinajstić information content (AvgIpc) is 2.90. The Morgan fingerprint density at radius 1 is 1.16 bits per heavy atom. The van der Waals surface area contributed by atoms with Gasteiger partial charge in [0, 0.05) is 24.2 Å². The maximum absolute atomic E-state index is 5.37. The lowest BCUT2D eigenvalue weighted by atomic mass is 10.1. The van der Waals surface area contributed by atoms with Gasteiger partial charge in [-0.2, -0.15) is 0 Å². The van der Waals surface area contributed by atoms with E-state index in [2.05, 4.69) is 9.97 Å². The van der Waals surface area contributed by atoms with Gasteiger partial charge in [0.05, 0.1) is 19.9 Å². The predicted molar refractivity (Wildman–Crippen MR) is 71.5 cm³/mol. The third-order valence-corrected chi connectivity index (χ3v) is 2.92. The summed E-state index contributed by atoms with van der Waals surface area (Å²) >= 11 is 0. The molecule has 0 bridgehead atoms. The zero-order valence-electron chi connectivity index (χ0n) is 10.7. The Hall–Kier alpha value is -2.56. The summed E-state index contributed by atoms with van der Waals surface area (Å²) in [7, 11) is 3.27. The summed E-state index contributed by atoms with van der Waals surface area (Å²) in [5, 5.41) is 0. The van der Waals surface area contributed by atoms with Gasteiger partial charge in [-0.25, -0.2) is 9.97 Å². The topological polar surface area (TPSA) is 48.7 Å². The standard InChI is InChI=1S/C14H13N3O2/c1-18-10-4-5-13(19-2)11(8-10)12-9-17-7-3-6-15-14(17)16-12/h3-9H,1-2H3. The van der Waals surface area contributed by atoms with Gasteiger partial charge in [0.15, 0.2) is 0 Å². The molecule has 0 atom stereocenters. The molecule has 0 spiro atoms. The lowest BCUT2D eigenvalue weighted by Gasteiger charge is -2.08. The van der Waals surface area contributed by atoms with Crippen molar-refractivity contribution in [2.45, 2.75) is 0 Å². The molecule has 2 heterocycles. The van der Waals surface area contributed by atoms with Gasteiger partial charge in [-0.15, -0.1) is 0 Å². The first-order valence-corrected chi connectivity index (χ1v) is 5.84. The van der Waals surface area contributed by atoms with Crippen LogP contribution in [0.1, 0.15) is 0 Å². The first-order chi connectivity index (χ1) is 9.31. The average molecular weight is 255 g/mol. The second-order valence-corrected chi connectivity index (χ2v) is 4.02. The van der Waals surface area contributed by atoms with Crippen molar-refractivity contribution in [3.63, 3.8) is 0 Å². The molecule has 0 N–H and O–H groups in total. The third kappa shape index (κ3) is 1.99. The smallest absolute Gasteiger partial charge is 0.234 e. The van der Waals surface area contributed by atoms with Crippen LogP contribution in [-0.2, 0) is 0 Å². The van der Waals surface area contributed by atoms with Crippen LogP contribution in [0.15, 0.2) is 42.9 Å². The first-order valence-electron chi connectivity index (χ1n) is 5.84. The highest BCUT2D eigenvalue weighted by molar-refractivity contribution is 5.70. The van der Waals surface area contributed by atoms with Crippen LogP contribution in [-0.4, -0.2) is 28.6 Å². The van der Waals surface area contributed by atoms with E-state index in [1.165, 1.54) is 0 Å². The second kappa shape index (κ2) is 4.61. The monoisotopic (exact) mass is 255 g/mol. The number of methoxy groups -OCH3 is 2. The zero-order valence-corrected chi connectivity index (χ0v) is 10.7. The van der Waals surface area contributed by atoms with Crippen molar-refractivity contribution >= 4 is 5.78 Å². The van der Waals surface area contributed by atoms with Crippen LogP contribution < -0.4 is 9.47 Å². The minimum atomic E-state index is 0.655. The number of fused-ring (bicyclic) bond motifs is 1. The molecule has 3 aromatic rings. The number of benzene rings is 1. The van der Waals surface area contributed by atoms with E-state index in [1.54, 1.807) is 20.4 Å². The van der Waals surface area contributed by atoms with Gasteiger partial charge in [0.2, 0.25) is 5.78 Å². The Balaban J connectivity index is 2.19. The molecular weight excluding hydrogens is 242 g/mol. The molecule has 0 saturated heterocycles. The van der Waals surface area contributed by atoms with Crippen molar-refractivity contribution in [3.8, 4) is 22.8 Å². The molecule has 0 aliphatic carbocycles. The number of nitrogens with zero attached hydrogens (tertiary/aromatic N) is 3. The lowest BCUT2D eigenvalue weighted by molar-refractivity contribution is 0.404. The van der Waals surface area contributed by atoms with Crippen LogP contribution in [0.3, 0.4) is 0 Å². The number of ether oxygens (including phenoxy) is 2. The van der Waals surface area contributed by atoms with E-state index in [0.29, 0.717) is 5.78 Å². The van der Waals surface area contributed by atoms with E-state index >= 15 is 0 Å². The summed E-state index contributed by atoms with van der Waals surface area (Å²) in [5.74, 6) is 2.17. The summed E-state index contributed by atoms with van der Waals surface area (Å²) in [5.41, 5.74) is 1.68. The Labute approximate surface area is 110 Å². The minimum Gasteiger partial charge on any atom is -0.497 e. The number of imidazole rings is 1. The molecule has 19 heavy (non-hydrogen) atoms. The maximum Gasteiger partial charge on any atom is 0.234 e. The van der Waals surface area contributed by atoms with Gasteiger partial charge in [-0.05, 0) is 24.3 Å². The molecular formula is C14H13N3O2. The van der Waals surface area contributed by atoms with E-state index in [0.717, 1.165) is 22.8 Å². The van der Waals surface area contributed by atoms with Crippen molar-refractivity contribution in [2.24, 2.45) is 0 Å². The highest BCUT2D eigenvalue weighted by Gasteiger charge is 2.11. The van der Waals surface area contributed by atoms with E-state index in [9.17, 15) is 0 Å². The quantitative estimate of drug-likeness (QED) is 0.721. The van der Waals surface area contributed by atoms with Crippen LogP contribution in [0.25, 0.3) is 17.0 Å². The van der Waals surface area contributed by atoms with E-state index in [-0.39, 0.29) is 0 Å². The van der Waals surface area contributed by atoms with Gasteiger partial charge in [-0.1, -0.05) is 0 Å². The van der Waals surface area contributed by atoms with Gasteiger partial charge in [-0.3, -0.25) is 4.40 Å².